The van der Waals surface area contributed by atoms with Crippen LogP contribution < -0.4 is 4.74 Å². The highest BCUT2D eigenvalue weighted by molar-refractivity contribution is 5.74. The lowest BCUT2D eigenvalue weighted by molar-refractivity contribution is -0.132. The van der Waals surface area contributed by atoms with Crippen molar-refractivity contribution >= 4 is 5.91 Å². The number of hydrogen-bond donors (Lipinski definition) is 0. The summed E-state index contributed by atoms with van der Waals surface area (Å²) in [4.78, 5) is 18.0. The van der Waals surface area contributed by atoms with Gasteiger partial charge in [-0.3, -0.25) is 4.79 Å². The number of rotatable bonds is 3. The van der Waals surface area contributed by atoms with E-state index in [2.05, 4.69) is 4.98 Å². The lowest BCUT2D eigenvalue weighted by Crippen LogP contribution is -2.36. The summed E-state index contributed by atoms with van der Waals surface area (Å²) in [6.07, 6.45) is 5.24. The zero-order valence-electron chi connectivity index (χ0n) is 11.9. The first-order valence-electron chi connectivity index (χ1n) is 6.97. The van der Waals surface area contributed by atoms with Crippen LogP contribution in [0.3, 0.4) is 0 Å². The molecule has 1 aliphatic rings. The molecule has 1 atom stereocenters. The van der Waals surface area contributed by atoms with E-state index in [1.54, 1.807) is 6.92 Å². The molecule has 0 saturated carbocycles. The first-order chi connectivity index (χ1) is 9.08. The Morgan fingerprint density at radius 3 is 2.79 bits per heavy atom. The van der Waals surface area contributed by atoms with Crippen LogP contribution in [-0.2, 0) is 4.79 Å². The van der Waals surface area contributed by atoms with Crippen LogP contribution in [0.5, 0.6) is 5.88 Å². The molecule has 1 aromatic rings. The molecular weight excluding hydrogens is 240 g/mol. The SMILES string of the molecule is CC(=O)N1CCCC[C@@H]1c1ccc(OC(C)C)nc1. The van der Waals surface area contributed by atoms with Gasteiger partial charge in [0.05, 0.1) is 12.1 Å². The van der Waals surface area contributed by atoms with Gasteiger partial charge in [0.15, 0.2) is 0 Å². The quantitative estimate of drug-likeness (QED) is 0.841. The van der Waals surface area contributed by atoms with E-state index < -0.39 is 0 Å². The van der Waals surface area contributed by atoms with Gasteiger partial charge < -0.3 is 9.64 Å². The largest absolute Gasteiger partial charge is 0.475 e. The fourth-order valence-corrected chi connectivity index (χ4v) is 2.56. The van der Waals surface area contributed by atoms with Crippen LogP contribution in [0.25, 0.3) is 0 Å². The Morgan fingerprint density at radius 1 is 1.42 bits per heavy atom. The van der Waals surface area contributed by atoms with Crippen molar-refractivity contribution in [3.8, 4) is 5.88 Å². The number of likely N-dealkylation sites (tertiary alicyclic amines) is 1. The number of nitrogens with zero attached hydrogens (tertiary/aromatic N) is 2. The molecule has 104 valence electrons. The van der Waals surface area contributed by atoms with E-state index in [1.165, 1.54) is 6.42 Å². The summed E-state index contributed by atoms with van der Waals surface area (Å²) in [5, 5.41) is 0. The van der Waals surface area contributed by atoms with Crippen molar-refractivity contribution in [1.82, 2.24) is 9.88 Å². The molecule has 19 heavy (non-hydrogen) atoms. The van der Waals surface area contributed by atoms with Gasteiger partial charge in [0.25, 0.3) is 0 Å². The fourth-order valence-electron chi connectivity index (χ4n) is 2.56. The first kappa shape index (κ1) is 13.8. The summed E-state index contributed by atoms with van der Waals surface area (Å²) in [6, 6.07) is 4.09. The second kappa shape index (κ2) is 6.04. The number of hydrogen-bond acceptors (Lipinski definition) is 3. The van der Waals surface area contributed by atoms with Crippen LogP contribution in [0.2, 0.25) is 0 Å². The van der Waals surface area contributed by atoms with Gasteiger partial charge in [0.2, 0.25) is 11.8 Å². The molecule has 1 saturated heterocycles. The van der Waals surface area contributed by atoms with Gasteiger partial charge in [-0.05, 0) is 38.7 Å². The maximum Gasteiger partial charge on any atom is 0.219 e. The van der Waals surface area contributed by atoms with E-state index in [0.717, 1.165) is 24.9 Å². The van der Waals surface area contributed by atoms with Crippen LogP contribution >= 0.6 is 0 Å². The van der Waals surface area contributed by atoms with Gasteiger partial charge in [-0.1, -0.05) is 6.07 Å². The van der Waals surface area contributed by atoms with Crippen LogP contribution in [-0.4, -0.2) is 28.4 Å². The molecule has 4 nitrogen and oxygen atoms in total. The maximum atomic E-state index is 11.7. The maximum absolute atomic E-state index is 11.7. The molecule has 0 N–H and O–H groups in total. The van der Waals surface area contributed by atoms with Gasteiger partial charge in [0, 0.05) is 25.7 Å². The molecule has 1 fully saturated rings. The van der Waals surface area contributed by atoms with Crippen LogP contribution in [0.1, 0.15) is 51.6 Å². The Bertz CT molecular complexity index is 428. The topological polar surface area (TPSA) is 42.4 Å². The number of carbonyl (C=O) groups is 1. The molecule has 2 heterocycles. The third-order valence-corrected chi connectivity index (χ3v) is 3.41. The number of carbonyl (C=O) groups excluding carboxylic acids is 1. The Morgan fingerprint density at radius 2 is 2.21 bits per heavy atom. The van der Waals surface area contributed by atoms with Crippen molar-refractivity contribution in [3.05, 3.63) is 23.9 Å². The van der Waals surface area contributed by atoms with Gasteiger partial charge in [-0.2, -0.15) is 0 Å². The van der Waals surface area contributed by atoms with Gasteiger partial charge in [-0.15, -0.1) is 0 Å². The lowest BCUT2D eigenvalue weighted by Gasteiger charge is -2.35. The fraction of sp³-hybridized carbons (Fsp3) is 0.600. The predicted molar refractivity (Wildman–Crippen MR) is 74.0 cm³/mol. The van der Waals surface area contributed by atoms with E-state index in [4.69, 9.17) is 4.74 Å². The highest BCUT2D eigenvalue weighted by atomic mass is 16.5. The molecule has 0 aliphatic carbocycles. The molecule has 0 aromatic carbocycles. The van der Waals surface area contributed by atoms with Gasteiger partial charge in [-0.25, -0.2) is 4.98 Å². The van der Waals surface area contributed by atoms with Crippen molar-refractivity contribution in [2.75, 3.05) is 6.54 Å². The third-order valence-electron chi connectivity index (χ3n) is 3.41. The molecular formula is C15H22N2O2. The van der Waals surface area contributed by atoms with Crippen LogP contribution in [0.15, 0.2) is 18.3 Å². The van der Waals surface area contributed by atoms with Crippen LogP contribution in [0, 0.1) is 0 Å². The molecule has 0 unspecified atom stereocenters. The number of piperidine rings is 1. The van der Waals surface area contributed by atoms with E-state index in [1.807, 2.05) is 37.1 Å². The Kier molecular flexibility index (Phi) is 4.40. The summed E-state index contributed by atoms with van der Waals surface area (Å²) >= 11 is 0. The standard InChI is InChI=1S/C15H22N2O2/c1-11(2)19-15-8-7-13(10-16-15)14-6-4-5-9-17(14)12(3)18/h7-8,10-11,14H,4-6,9H2,1-3H3/t14-/m1/s1. The van der Waals surface area contributed by atoms with Crippen molar-refractivity contribution in [2.45, 2.75) is 52.2 Å². The third kappa shape index (κ3) is 3.46. The number of amides is 1. The monoisotopic (exact) mass is 262 g/mol. The average molecular weight is 262 g/mol. The first-order valence-corrected chi connectivity index (χ1v) is 6.97. The minimum absolute atomic E-state index is 0.127. The highest BCUT2D eigenvalue weighted by Crippen LogP contribution is 2.31. The number of aromatic nitrogens is 1. The molecule has 1 amide bonds. The molecule has 0 radical (unpaired) electrons. The number of pyridine rings is 1. The summed E-state index contributed by atoms with van der Waals surface area (Å²) < 4.78 is 5.54. The predicted octanol–water partition coefficient (Wildman–Crippen LogP) is 2.94. The number of ether oxygens (including phenoxy) is 1. The molecule has 0 bridgehead atoms. The van der Waals surface area contributed by atoms with Crippen molar-refractivity contribution in [2.24, 2.45) is 0 Å². The van der Waals surface area contributed by atoms with Gasteiger partial charge in [0.1, 0.15) is 0 Å². The van der Waals surface area contributed by atoms with E-state index >= 15 is 0 Å². The van der Waals surface area contributed by atoms with E-state index in [-0.39, 0.29) is 18.1 Å². The summed E-state index contributed by atoms with van der Waals surface area (Å²) in [5.74, 6) is 0.788. The molecule has 0 spiro atoms. The summed E-state index contributed by atoms with van der Waals surface area (Å²) in [7, 11) is 0. The normalized spacial score (nSPS) is 19.6. The Hall–Kier alpha value is -1.58. The molecule has 2 rings (SSSR count). The van der Waals surface area contributed by atoms with Gasteiger partial charge >= 0.3 is 0 Å². The Balaban J connectivity index is 2.13. The lowest BCUT2D eigenvalue weighted by atomic mass is 9.96. The minimum Gasteiger partial charge on any atom is -0.475 e. The minimum atomic E-state index is 0.127. The van der Waals surface area contributed by atoms with Crippen molar-refractivity contribution < 1.29 is 9.53 Å². The molecule has 1 aromatic heterocycles. The summed E-state index contributed by atoms with van der Waals surface area (Å²) in [5.41, 5.74) is 1.10. The summed E-state index contributed by atoms with van der Waals surface area (Å²) in [6.45, 7) is 6.45. The van der Waals surface area contributed by atoms with E-state index in [9.17, 15) is 4.79 Å². The van der Waals surface area contributed by atoms with E-state index in [0.29, 0.717) is 5.88 Å². The zero-order valence-corrected chi connectivity index (χ0v) is 11.9. The zero-order chi connectivity index (χ0) is 13.8. The molecule has 1 aliphatic heterocycles. The second-order valence-electron chi connectivity index (χ2n) is 5.32. The molecule has 4 heteroatoms. The highest BCUT2D eigenvalue weighted by Gasteiger charge is 2.25. The Labute approximate surface area is 114 Å². The van der Waals surface area contributed by atoms with Crippen molar-refractivity contribution in [3.63, 3.8) is 0 Å². The second-order valence-corrected chi connectivity index (χ2v) is 5.32. The van der Waals surface area contributed by atoms with Crippen molar-refractivity contribution in [1.29, 1.82) is 0 Å². The smallest absolute Gasteiger partial charge is 0.219 e. The van der Waals surface area contributed by atoms with Crippen LogP contribution in [0.4, 0.5) is 0 Å². The average Bonchev–Trinajstić information content (AvgIpc) is 2.39.